The maximum absolute atomic E-state index is 12.8. The Bertz CT molecular complexity index is 937. The van der Waals surface area contributed by atoms with E-state index in [1.54, 1.807) is 53.4 Å². The largest absolute Gasteiger partial charge is 0.350 e. The molecule has 1 aliphatic heterocycles. The van der Waals surface area contributed by atoms with E-state index >= 15 is 0 Å². The third-order valence-electron chi connectivity index (χ3n) is 5.11. The Morgan fingerprint density at radius 3 is 2.20 bits per heavy atom. The zero-order chi connectivity index (χ0) is 21.7. The number of carbonyl (C=O) groups excluding carboxylic acids is 3. The van der Waals surface area contributed by atoms with Crippen LogP contribution in [-0.2, 0) is 4.79 Å². The van der Waals surface area contributed by atoms with Gasteiger partial charge in [-0.1, -0.05) is 35.9 Å². The number of carbonyl (C=O) groups is 3. The van der Waals surface area contributed by atoms with E-state index in [4.69, 9.17) is 11.6 Å². The molecule has 1 aliphatic rings. The summed E-state index contributed by atoms with van der Waals surface area (Å²) in [6, 6.07) is 13.9. The molecule has 0 unspecified atom stereocenters. The molecule has 0 atom stereocenters. The van der Waals surface area contributed by atoms with Crippen LogP contribution in [0, 0.1) is 5.92 Å². The Hall–Kier alpha value is -2.86. The summed E-state index contributed by atoms with van der Waals surface area (Å²) in [5, 5.41) is 6.17. The number of piperidine rings is 1. The SMILES string of the molecule is CC(C)NC(=O)c1ccccc1NC(=O)C1CCN(C(=O)c2ccccc2Cl)CC1. The van der Waals surface area contributed by atoms with E-state index in [2.05, 4.69) is 10.6 Å². The van der Waals surface area contributed by atoms with Gasteiger partial charge in [0.15, 0.2) is 0 Å². The number of likely N-dealkylation sites (tertiary alicyclic amines) is 1. The molecule has 0 saturated carbocycles. The molecule has 6 nitrogen and oxygen atoms in total. The summed E-state index contributed by atoms with van der Waals surface area (Å²) in [6.07, 6.45) is 1.12. The number of hydrogen-bond donors (Lipinski definition) is 2. The lowest BCUT2D eigenvalue weighted by Gasteiger charge is -2.31. The van der Waals surface area contributed by atoms with Gasteiger partial charge in [-0.15, -0.1) is 0 Å². The van der Waals surface area contributed by atoms with Crippen LogP contribution in [0.3, 0.4) is 0 Å². The standard InChI is InChI=1S/C23H26ClN3O3/c1-15(2)25-22(29)18-8-4-6-10-20(18)26-21(28)16-11-13-27(14-12-16)23(30)17-7-3-5-9-19(17)24/h3-10,15-16H,11-14H2,1-2H3,(H,25,29)(H,26,28). The van der Waals surface area contributed by atoms with Crippen molar-refractivity contribution in [2.24, 2.45) is 5.92 Å². The number of anilines is 1. The van der Waals surface area contributed by atoms with Gasteiger partial charge in [0.1, 0.15) is 0 Å². The molecule has 30 heavy (non-hydrogen) atoms. The van der Waals surface area contributed by atoms with Gasteiger partial charge in [0, 0.05) is 25.0 Å². The van der Waals surface area contributed by atoms with Crippen LogP contribution >= 0.6 is 11.6 Å². The number of benzene rings is 2. The summed E-state index contributed by atoms with van der Waals surface area (Å²) in [5.74, 6) is -0.692. The number of nitrogens with one attached hydrogen (secondary N) is 2. The number of rotatable bonds is 5. The fraction of sp³-hybridized carbons (Fsp3) is 0.348. The minimum Gasteiger partial charge on any atom is -0.350 e. The van der Waals surface area contributed by atoms with Gasteiger partial charge in [-0.25, -0.2) is 0 Å². The second-order valence-electron chi connectivity index (χ2n) is 7.71. The molecule has 0 bridgehead atoms. The predicted molar refractivity (Wildman–Crippen MR) is 118 cm³/mol. The lowest BCUT2D eigenvalue weighted by Crippen LogP contribution is -2.41. The number of amides is 3. The van der Waals surface area contributed by atoms with Gasteiger partial charge in [0.25, 0.3) is 11.8 Å². The minimum atomic E-state index is -0.221. The first-order chi connectivity index (χ1) is 14.4. The third kappa shape index (κ3) is 5.19. The highest BCUT2D eigenvalue weighted by molar-refractivity contribution is 6.33. The van der Waals surface area contributed by atoms with Crippen LogP contribution < -0.4 is 10.6 Å². The number of para-hydroxylation sites is 1. The molecule has 7 heteroatoms. The van der Waals surface area contributed by atoms with Crippen molar-refractivity contribution in [3.63, 3.8) is 0 Å². The van der Waals surface area contributed by atoms with Gasteiger partial charge in [-0.3, -0.25) is 14.4 Å². The second-order valence-corrected chi connectivity index (χ2v) is 8.12. The highest BCUT2D eigenvalue weighted by atomic mass is 35.5. The molecule has 1 fully saturated rings. The summed E-state index contributed by atoms with van der Waals surface area (Å²) in [4.78, 5) is 39.6. The van der Waals surface area contributed by atoms with Crippen LogP contribution in [0.1, 0.15) is 47.4 Å². The van der Waals surface area contributed by atoms with E-state index in [0.29, 0.717) is 47.8 Å². The van der Waals surface area contributed by atoms with Crippen molar-refractivity contribution in [1.82, 2.24) is 10.2 Å². The molecule has 2 aromatic carbocycles. The summed E-state index contributed by atoms with van der Waals surface area (Å²) < 4.78 is 0. The first-order valence-corrected chi connectivity index (χ1v) is 10.5. The van der Waals surface area contributed by atoms with Gasteiger partial charge in [-0.05, 0) is 51.0 Å². The Kier molecular flexibility index (Phi) is 7.11. The molecule has 3 rings (SSSR count). The Morgan fingerprint density at radius 1 is 0.967 bits per heavy atom. The van der Waals surface area contributed by atoms with Crippen LogP contribution in [0.25, 0.3) is 0 Å². The quantitative estimate of drug-likeness (QED) is 0.757. The highest BCUT2D eigenvalue weighted by Gasteiger charge is 2.29. The van der Waals surface area contributed by atoms with E-state index in [9.17, 15) is 14.4 Å². The summed E-state index contributed by atoms with van der Waals surface area (Å²) in [6.45, 7) is 4.74. The molecule has 158 valence electrons. The molecule has 3 amide bonds. The van der Waals surface area contributed by atoms with Crippen LogP contribution in [0.2, 0.25) is 5.02 Å². The van der Waals surface area contributed by atoms with Gasteiger partial charge >= 0.3 is 0 Å². The molecule has 0 aromatic heterocycles. The molecule has 1 heterocycles. The molecular formula is C23H26ClN3O3. The van der Waals surface area contributed by atoms with Crippen molar-refractivity contribution < 1.29 is 14.4 Å². The monoisotopic (exact) mass is 427 g/mol. The molecular weight excluding hydrogens is 402 g/mol. The molecule has 0 radical (unpaired) electrons. The summed E-state index contributed by atoms with van der Waals surface area (Å²) in [7, 11) is 0. The van der Waals surface area contributed by atoms with Crippen LogP contribution in [0.15, 0.2) is 48.5 Å². The van der Waals surface area contributed by atoms with Gasteiger partial charge in [0.05, 0.1) is 21.8 Å². The van der Waals surface area contributed by atoms with E-state index < -0.39 is 0 Å². The minimum absolute atomic E-state index is 0.00115. The van der Waals surface area contributed by atoms with Crippen molar-refractivity contribution in [3.8, 4) is 0 Å². The number of hydrogen-bond acceptors (Lipinski definition) is 3. The van der Waals surface area contributed by atoms with E-state index in [0.717, 1.165) is 0 Å². The summed E-state index contributed by atoms with van der Waals surface area (Å²) in [5.41, 5.74) is 1.41. The average molecular weight is 428 g/mol. The van der Waals surface area contributed by atoms with Crippen LogP contribution in [-0.4, -0.2) is 41.8 Å². The molecule has 2 N–H and O–H groups in total. The molecule has 2 aromatic rings. The van der Waals surface area contributed by atoms with Gasteiger partial charge in [-0.2, -0.15) is 0 Å². The normalized spacial score (nSPS) is 14.5. The number of halogens is 1. The second kappa shape index (κ2) is 9.76. The number of nitrogens with zero attached hydrogens (tertiary/aromatic N) is 1. The highest BCUT2D eigenvalue weighted by Crippen LogP contribution is 2.24. The Morgan fingerprint density at radius 2 is 1.57 bits per heavy atom. The van der Waals surface area contributed by atoms with Crippen molar-refractivity contribution in [3.05, 3.63) is 64.7 Å². The Balaban J connectivity index is 1.61. The average Bonchev–Trinajstić information content (AvgIpc) is 2.73. The molecule has 1 saturated heterocycles. The van der Waals surface area contributed by atoms with Gasteiger partial charge in [0.2, 0.25) is 5.91 Å². The van der Waals surface area contributed by atoms with Gasteiger partial charge < -0.3 is 15.5 Å². The molecule has 0 aliphatic carbocycles. The first kappa shape index (κ1) is 21.8. The maximum atomic E-state index is 12.8. The summed E-state index contributed by atoms with van der Waals surface area (Å²) >= 11 is 6.14. The van der Waals surface area contributed by atoms with Crippen molar-refractivity contribution in [1.29, 1.82) is 0 Å². The Labute approximate surface area is 181 Å². The van der Waals surface area contributed by atoms with Crippen LogP contribution in [0.5, 0.6) is 0 Å². The topological polar surface area (TPSA) is 78.5 Å². The van der Waals surface area contributed by atoms with Crippen molar-refractivity contribution in [2.45, 2.75) is 32.7 Å². The smallest absolute Gasteiger partial charge is 0.255 e. The molecule has 0 spiro atoms. The van der Waals surface area contributed by atoms with Crippen LogP contribution in [0.4, 0.5) is 5.69 Å². The van der Waals surface area contributed by atoms with E-state index in [-0.39, 0.29) is 29.7 Å². The van der Waals surface area contributed by atoms with E-state index in [1.165, 1.54) is 0 Å². The van der Waals surface area contributed by atoms with Crippen molar-refractivity contribution in [2.75, 3.05) is 18.4 Å². The van der Waals surface area contributed by atoms with Crippen molar-refractivity contribution >= 4 is 35.0 Å². The third-order valence-corrected chi connectivity index (χ3v) is 5.44. The zero-order valence-electron chi connectivity index (χ0n) is 17.2. The zero-order valence-corrected chi connectivity index (χ0v) is 17.9. The lowest BCUT2D eigenvalue weighted by molar-refractivity contribution is -0.121. The fourth-order valence-electron chi connectivity index (χ4n) is 3.51. The predicted octanol–water partition coefficient (Wildman–Crippen LogP) is 3.97. The van der Waals surface area contributed by atoms with E-state index in [1.807, 2.05) is 13.8 Å². The lowest BCUT2D eigenvalue weighted by atomic mass is 9.95. The first-order valence-electron chi connectivity index (χ1n) is 10.1. The fourth-order valence-corrected chi connectivity index (χ4v) is 3.73. The maximum Gasteiger partial charge on any atom is 0.255 e.